The number of unbranched alkanes of at least 4 members (excludes halogenated alkanes) is 1. The highest BCUT2D eigenvalue weighted by molar-refractivity contribution is 6.18. The fourth-order valence-corrected chi connectivity index (χ4v) is 0.707. The van der Waals surface area contributed by atoms with Gasteiger partial charge in [0.25, 0.3) is 0 Å². The summed E-state index contributed by atoms with van der Waals surface area (Å²) < 4.78 is 0. The second-order valence-electron chi connectivity index (χ2n) is 2.14. The van der Waals surface area contributed by atoms with E-state index in [0.29, 0.717) is 18.8 Å². The summed E-state index contributed by atoms with van der Waals surface area (Å²) in [6.45, 7) is 2.65. The van der Waals surface area contributed by atoms with E-state index >= 15 is 0 Å². The molecule has 0 aromatic carbocycles. The summed E-state index contributed by atoms with van der Waals surface area (Å²) in [5.41, 5.74) is 0. The molecule has 2 nitrogen and oxygen atoms in total. The minimum Gasteiger partial charge on any atom is -0.355 e. The second-order valence-corrected chi connectivity index (χ2v) is 2.52. The number of amides is 1. The molecule has 0 unspecified atom stereocenters. The predicted octanol–water partition coefficient (Wildman–Crippen LogP) is 1.53. The number of carbonyl (C=O) groups excluding carboxylic acids is 1. The second kappa shape index (κ2) is 6.87. The largest absolute Gasteiger partial charge is 0.355 e. The van der Waals surface area contributed by atoms with Gasteiger partial charge in [-0.1, -0.05) is 13.3 Å². The van der Waals surface area contributed by atoms with Crippen LogP contribution in [-0.4, -0.2) is 18.3 Å². The molecular formula is C7H14ClNO. The van der Waals surface area contributed by atoms with Gasteiger partial charge >= 0.3 is 0 Å². The third-order valence-electron chi connectivity index (χ3n) is 1.17. The monoisotopic (exact) mass is 163 g/mol. The van der Waals surface area contributed by atoms with Gasteiger partial charge in [0.1, 0.15) is 0 Å². The van der Waals surface area contributed by atoms with Crippen LogP contribution < -0.4 is 5.32 Å². The molecule has 0 spiro atoms. The highest BCUT2D eigenvalue weighted by Gasteiger charge is 1.96. The third kappa shape index (κ3) is 5.89. The van der Waals surface area contributed by atoms with Crippen molar-refractivity contribution in [1.82, 2.24) is 5.32 Å². The SMILES string of the molecule is CCCCC(=O)NCCCl. The van der Waals surface area contributed by atoms with Crippen LogP contribution >= 0.6 is 11.6 Å². The molecule has 0 aliphatic rings. The fourth-order valence-electron chi connectivity index (χ4n) is 0.612. The predicted molar refractivity (Wildman–Crippen MR) is 43.3 cm³/mol. The van der Waals surface area contributed by atoms with Gasteiger partial charge in [0, 0.05) is 18.8 Å². The average Bonchev–Trinajstić information content (AvgIpc) is 1.97. The highest BCUT2D eigenvalue weighted by atomic mass is 35.5. The van der Waals surface area contributed by atoms with Gasteiger partial charge in [-0.05, 0) is 6.42 Å². The molecule has 0 aromatic heterocycles. The first-order chi connectivity index (χ1) is 4.81. The number of rotatable bonds is 5. The molecular weight excluding hydrogens is 150 g/mol. The first-order valence-corrected chi connectivity index (χ1v) is 4.17. The molecule has 3 heteroatoms. The van der Waals surface area contributed by atoms with Gasteiger partial charge in [-0.2, -0.15) is 0 Å². The summed E-state index contributed by atoms with van der Waals surface area (Å²) >= 11 is 5.36. The zero-order chi connectivity index (χ0) is 7.82. The number of carbonyl (C=O) groups is 1. The van der Waals surface area contributed by atoms with Gasteiger partial charge in [-0.15, -0.1) is 11.6 Å². The standard InChI is InChI=1S/C7H14ClNO/c1-2-3-4-7(10)9-6-5-8/h2-6H2,1H3,(H,9,10). The topological polar surface area (TPSA) is 29.1 Å². The first kappa shape index (κ1) is 9.76. The Labute approximate surface area is 66.9 Å². The fraction of sp³-hybridized carbons (Fsp3) is 0.857. The van der Waals surface area contributed by atoms with Crippen LogP contribution in [0, 0.1) is 0 Å². The Morgan fingerprint density at radius 2 is 2.30 bits per heavy atom. The van der Waals surface area contributed by atoms with Crippen molar-refractivity contribution in [2.75, 3.05) is 12.4 Å². The van der Waals surface area contributed by atoms with Crippen molar-refractivity contribution in [1.29, 1.82) is 0 Å². The Bertz CT molecular complexity index is 85.6. The van der Waals surface area contributed by atoms with Crippen molar-refractivity contribution in [3.63, 3.8) is 0 Å². The molecule has 10 heavy (non-hydrogen) atoms. The van der Waals surface area contributed by atoms with E-state index in [0.717, 1.165) is 12.8 Å². The van der Waals surface area contributed by atoms with Gasteiger partial charge in [0.2, 0.25) is 5.91 Å². The molecule has 0 aromatic rings. The summed E-state index contributed by atoms with van der Waals surface area (Å²) in [5, 5.41) is 2.70. The van der Waals surface area contributed by atoms with Gasteiger partial charge in [0.15, 0.2) is 0 Å². The van der Waals surface area contributed by atoms with Crippen LogP contribution in [0.2, 0.25) is 0 Å². The molecule has 0 atom stereocenters. The number of alkyl halides is 1. The maximum atomic E-state index is 10.8. The van der Waals surface area contributed by atoms with Crippen molar-refractivity contribution in [3.8, 4) is 0 Å². The lowest BCUT2D eigenvalue weighted by atomic mass is 10.2. The summed E-state index contributed by atoms with van der Waals surface area (Å²) in [4.78, 5) is 10.8. The Hall–Kier alpha value is -0.240. The Balaban J connectivity index is 3.09. The third-order valence-corrected chi connectivity index (χ3v) is 1.36. The van der Waals surface area contributed by atoms with Gasteiger partial charge in [0.05, 0.1) is 0 Å². The molecule has 60 valence electrons. The first-order valence-electron chi connectivity index (χ1n) is 3.64. The minimum atomic E-state index is 0.113. The maximum absolute atomic E-state index is 10.8. The minimum absolute atomic E-state index is 0.113. The Kier molecular flexibility index (Phi) is 6.71. The van der Waals surface area contributed by atoms with E-state index in [1.54, 1.807) is 0 Å². The normalized spacial score (nSPS) is 9.40. The molecule has 0 radical (unpaired) electrons. The van der Waals surface area contributed by atoms with Crippen molar-refractivity contribution in [2.45, 2.75) is 26.2 Å². The van der Waals surface area contributed by atoms with Crippen LogP contribution in [-0.2, 0) is 4.79 Å². The average molecular weight is 164 g/mol. The smallest absolute Gasteiger partial charge is 0.220 e. The van der Waals surface area contributed by atoms with E-state index in [9.17, 15) is 4.79 Å². The number of halogens is 1. The van der Waals surface area contributed by atoms with E-state index in [-0.39, 0.29) is 5.91 Å². The van der Waals surface area contributed by atoms with E-state index in [1.165, 1.54) is 0 Å². The van der Waals surface area contributed by atoms with Crippen LogP contribution in [0.15, 0.2) is 0 Å². The molecule has 0 bridgehead atoms. The van der Waals surface area contributed by atoms with Crippen molar-refractivity contribution >= 4 is 17.5 Å². The van der Waals surface area contributed by atoms with Crippen molar-refractivity contribution in [2.24, 2.45) is 0 Å². The number of hydrogen-bond donors (Lipinski definition) is 1. The molecule has 1 amide bonds. The number of nitrogens with one attached hydrogen (secondary N) is 1. The van der Waals surface area contributed by atoms with Crippen LogP contribution in [0.5, 0.6) is 0 Å². The van der Waals surface area contributed by atoms with Gasteiger partial charge in [-0.3, -0.25) is 4.79 Å². The molecule has 0 aliphatic carbocycles. The van der Waals surface area contributed by atoms with Crippen LogP contribution in [0.4, 0.5) is 0 Å². The molecule has 0 saturated heterocycles. The van der Waals surface area contributed by atoms with Crippen LogP contribution in [0.3, 0.4) is 0 Å². The van der Waals surface area contributed by atoms with Crippen LogP contribution in [0.1, 0.15) is 26.2 Å². The summed E-state index contributed by atoms with van der Waals surface area (Å²) in [7, 11) is 0. The maximum Gasteiger partial charge on any atom is 0.220 e. The summed E-state index contributed by atoms with van der Waals surface area (Å²) in [5.74, 6) is 0.611. The molecule has 0 saturated carbocycles. The lowest BCUT2D eigenvalue weighted by molar-refractivity contribution is -0.121. The number of hydrogen-bond acceptors (Lipinski definition) is 1. The molecule has 0 aliphatic heterocycles. The van der Waals surface area contributed by atoms with Crippen molar-refractivity contribution < 1.29 is 4.79 Å². The zero-order valence-electron chi connectivity index (χ0n) is 6.32. The molecule has 0 fully saturated rings. The van der Waals surface area contributed by atoms with E-state index < -0.39 is 0 Å². The molecule has 0 heterocycles. The summed E-state index contributed by atoms with van der Waals surface area (Å²) in [6.07, 6.45) is 2.66. The lowest BCUT2D eigenvalue weighted by Crippen LogP contribution is -2.24. The summed E-state index contributed by atoms with van der Waals surface area (Å²) in [6, 6.07) is 0. The van der Waals surface area contributed by atoms with E-state index in [2.05, 4.69) is 12.2 Å². The molecule has 1 N–H and O–H groups in total. The van der Waals surface area contributed by atoms with E-state index in [4.69, 9.17) is 11.6 Å². The Morgan fingerprint density at radius 3 is 2.80 bits per heavy atom. The van der Waals surface area contributed by atoms with E-state index in [1.807, 2.05) is 0 Å². The van der Waals surface area contributed by atoms with Crippen LogP contribution in [0.25, 0.3) is 0 Å². The Morgan fingerprint density at radius 1 is 1.60 bits per heavy atom. The van der Waals surface area contributed by atoms with Gasteiger partial charge in [-0.25, -0.2) is 0 Å². The van der Waals surface area contributed by atoms with Gasteiger partial charge < -0.3 is 5.32 Å². The highest BCUT2D eigenvalue weighted by Crippen LogP contribution is 1.92. The molecule has 0 rings (SSSR count). The zero-order valence-corrected chi connectivity index (χ0v) is 7.08. The quantitative estimate of drug-likeness (QED) is 0.612. The van der Waals surface area contributed by atoms with Crippen molar-refractivity contribution in [3.05, 3.63) is 0 Å². The lowest BCUT2D eigenvalue weighted by Gasteiger charge is -1.99.